The Morgan fingerprint density at radius 1 is 0.964 bits per heavy atom. The maximum atomic E-state index is 12.7. The Morgan fingerprint density at radius 3 is 2.11 bits per heavy atom. The van der Waals surface area contributed by atoms with Crippen LogP contribution in [-0.4, -0.2) is 14.3 Å². The van der Waals surface area contributed by atoms with E-state index in [0.29, 0.717) is 0 Å². The molecule has 0 aromatic heterocycles. The van der Waals surface area contributed by atoms with Gasteiger partial charge < -0.3 is 9.16 Å². The van der Waals surface area contributed by atoms with Crippen molar-refractivity contribution in [1.29, 1.82) is 0 Å². The average molecular weight is 395 g/mol. The fraction of sp³-hybridized carbons (Fsp3) is 0.292. The van der Waals surface area contributed by atoms with Crippen molar-refractivity contribution in [3.05, 3.63) is 89.7 Å². The summed E-state index contributed by atoms with van der Waals surface area (Å²) < 4.78 is 11.8. The Kier molecular flexibility index (Phi) is 7.41. The largest absolute Gasteiger partial charge is 0.539 e. The summed E-state index contributed by atoms with van der Waals surface area (Å²) in [6.07, 6.45) is 5.49. The van der Waals surface area contributed by atoms with Gasteiger partial charge in [-0.3, -0.25) is 0 Å². The van der Waals surface area contributed by atoms with Crippen LogP contribution in [0.25, 0.3) is 6.08 Å². The third-order valence-electron chi connectivity index (χ3n) is 4.92. The first kappa shape index (κ1) is 21.7. The standard InChI is InChI=1S/C24H30O3Si/c1-24(2,3)28(4,5)27-22(18-12-17-20-13-8-6-9-14-20)23(25)26-19-21-15-10-7-11-16-21/h6-18H,19H2,1-5H3/b17-12+,22-18+. The summed E-state index contributed by atoms with van der Waals surface area (Å²) >= 11 is 0. The summed E-state index contributed by atoms with van der Waals surface area (Å²) in [6, 6.07) is 19.6. The van der Waals surface area contributed by atoms with E-state index in [1.165, 1.54) is 0 Å². The first-order valence-electron chi connectivity index (χ1n) is 9.52. The summed E-state index contributed by atoms with van der Waals surface area (Å²) in [7, 11) is -2.17. The van der Waals surface area contributed by atoms with Gasteiger partial charge in [-0.05, 0) is 35.3 Å². The summed E-state index contributed by atoms with van der Waals surface area (Å²) in [5.74, 6) is -0.180. The molecule has 148 valence electrons. The van der Waals surface area contributed by atoms with Crippen LogP contribution in [0.2, 0.25) is 18.1 Å². The van der Waals surface area contributed by atoms with Crippen molar-refractivity contribution in [1.82, 2.24) is 0 Å². The van der Waals surface area contributed by atoms with Crippen molar-refractivity contribution in [2.45, 2.75) is 45.5 Å². The van der Waals surface area contributed by atoms with E-state index in [0.717, 1.165) is 11.1 Å². The van der Waals surface area contributed by atoms with E-state index in [1.54, 1.807) is 6.08 Å². The van der Waals surface area contributed by atoms with Gasteiger partial charge in [0.2, 0.25) is 0 Å². The van der Waals surface area contributed by atoms with Crippen LogP contribution in [0.15, 0.2) is 78.6 Å². The second kappa shape index (κ2) is 9.56. The topological polar surface area (TPSA) is 35.5 Å². The van der Waals surface area contributed by atoms with Gasteiger partial charge in [0.1, 0.15) is 6.61 Å². The molecule has 0 N–H and O–H groups in total. The number of ether oxygens (including phenoxy) is 1. The number of rotatable bonds is 7. The smallest absolute Gasteiger partial charge is 0.372 e. The van der Waals surface area contributed by atoms with E-state index >= 15 is 0 Å². The third-order valence-corrected chi connectivity index (χ3v) is 9.26. The fourth-order valence-corrected chi connectivity index (χ4v) is 3.18. The van der Waals surface area contributed by atoms with Gasteiger partial charge in [0.05, 0.1) is 0 Å². The predicted molar refractivity (Wildman–Crippen MR) is 118 cm³/mol. The average Bonchev–Trinajstić information content (AvgIpc) is 2.66. The lowest BCUT2D eigenvalue weighted by atomic mass is 10.2. The highest BCUT2D eigenvalue weighted by molar-refractivity contribution is 6.74. The second-order valence-electron chi connectivity index (χ2n) is 8.22. The van der Waals surface area contributed by atoms with Gasteiger partial charge in [0.25, 0.3) is 8.32 Å². The maximum Gasteiger partial charge on any atom is 0.372 e. The maximum absolute atomic E-state index is 12.7. The van der Waals surface area contributed by atoms with Crippen LogP contribution in [-0.2, 0) is 20.6 Å². The molecule has 0 fully saturated rings. The Bertz CT molecular complexity index is 816. The van der Waals surface area contributed by atoms with Crippen LogP contribution in [0.1, 0.15) is 31.9 Å². The molecule has 28 heavy (non-hydrogen) atoms. The normalized spacial score (nSPS) is 12.8. The highest BCUT2D eigenvalue weighted by Gasteiger charge is 2.40. The highest BCUT2D eigenvalue weighted by atomic mass is 28.4. The molecule has 0 aliphatic rings. The summed E-state index contributed by atoms with van der Waals surface area (Å²) in [6.45, 7) is 10.9. The molecular weight excluding hydrogens is 364 g/mol. The minimum absolute atomic E-state index is 0.0189. The Labute approximate surface area is 169 Å². The van der Waals surface area contributed by atoms with Crippen molar-refractivity contribution >= 4 is 20.4 Å². The molecule has 0 aliphatic carbocycles. The van der Waals surface area contributed by atoms with E-state index in [2.05, 4.69) is 33.9 Å². The molecule has 3 nitrogen and oxygen atoms in total. The van der Waals surface area contributed by atoms with Gasteiger partial charge in [0, 0.05) is 0 Å². The van der Waals surface area contributed by atoms with Gasteiger partial charge in [-0.2, -0.15) is 0 Å². The molecular formula is C24H30O3Si. The van der Waals surface area contributed by atoms with Crippen molar-refractivity contribution in [3.8, 4) is 0 Å². The van der Waals surface area contributed by atoms with E-state index in [4.69, 9.17) is 9.16 Å². The fourth-order valence-electron chi connectivity index (χ4n) is 2.18. The molecule has 0 saturated carbocycles. The SMILES string of the molecule is CC(C)(C)[Si](C)(C)O/C(=C/C=C/c1ccccc1)C(=O)OCc1ccccc1. The van der Waals surface area contributed by atoms with Gasteiger partial charge in [0.15, 0.2) is 5.76 Å². The number of benzene rings is 2. The van der Waals surface area contributed by atoms with E-state index < -0.39 is 14.3 Å². The van der Waals surface area contributed by atoms with Crippen molar-refractivity contribution in [2.24, 2.45) is 0 Å². The van der Waals surface area contributed by atoms with E-state index in [1.807, 2.05) is 72.8 Å². The van der Waals surface area contributed by atoms with Crippen LogP contribution in [0.5, 0.6) is 0 Å². The molecule has 0 unspecified atom stereocenters. The van der Waals surface area contributed by atoms with Gasteiger partial charge in [-0.25, -0.2) is 4.79 Å². The number of hydrogen-bond donors (Lipinski definition) is 0. The number of esters is 1. The number of hydrogen-bond acceptors (Lipinski definition) is 3. The monoisotopic (exact) mass is 394 g/mol. The quantitative estimate of drug-likeness (QED) is 0.180. The molecule has 0 spiro atoms. The molecule has 0 amide bonds. The lowest BCUT2D eigenvalue weighted by Gasteiger charge is -2.36. The van der Waals surface area contributed by atoms with Gasteiger partial charge in [-0.15, -0.1) is 0 Å². The van der Waals surface area contributed by atoms with E-state index in [-0.39, 0.29) is 17.4 Å². The minimum Gasteiger partial charge on any atom is -0.539 e. The zero-order valence-corrected chi connectivity index (χ0v) is 18.4. The summed E-state index contributed by atoms with van der Waals surface area (Å²) in [4.78, 5) is 12.7. The van der Waals surface area contributed by atoms with Gasteiger partial charge >= 0.3 is 5.97 Å². The lowest BCUT2D eigenvalue weighted by Crippen LogP contribution is -2.41. The third kappa shape index (κ3) is 6.53. The van der Waals surface area contributed by atoms with Gasteiger partial charge in [-0.1, -0.05) is 93.6 Å². The zero-order valence-electron chi connectivity index (χ0n) is 17.4. The zero-order chi connectivity index (χ0) is 20.6. The number of carbonyl (C=O) groups excluding carboxylic acids is 1. The molecule has 0 bridgehead atoms. The molecule has 2 aromatic carbocycles. The highest BCUT2D eigenvalue weighted by Crippen LogP contribution is 2.38. The molecule has 2 rings (SSSR count). The number of allylic oxidation sites excluding steroid dienone is 2. The molecule has 0 saturated heterocycles. The Hall–Kier alpha value is -2.59. The minimum atomic E-state index is -2.17. The Balaban J connectivity index is 2.18. The van der Waals surface area contributed by atoms with Crippen molar-refractivity contribution < 1.29 is 14.0 Å². The summed E-state index contributed by atoms with van der Waals surface area (Å²) in [5.41, 5.74) is 2.01. The van der Waals surface area contributed by atoms with Crippen molar-refractivity contribution in [2.75, 3.05) is 0 Å². The first-order chi connectivity index (χ1) is 13.2. The van der Waals surface area contributed by atoms with Crippen LogP contribution in [0.4, 0.5) is 0 Å². The Morgan fingerprint density at radius 2 is 1.54 bits per heavy atom. The second-order valence-corrected chi connectivity index (χ2v) is 12.9. The predicted octanol–water partition coefficient (Wildman–Crippen LogP) is 6.35. The van der Waals surface area contributed by atoms with Crippen LogP contribution in [0.3, 0.4) is 0 Å². The van der Waals surface area contributed by atoms with Crippen LogP contribution < -0.4 is 0 Å². The van der Waals surface area contributed by atoms with E-state index in [9.17, 15) is 4.79 Å². The molecule has 0 aliphatic heterocycles. The first-order valence-corrected chi connectivity index (χ1v) is 12.4. The molecule has 0 atom stereocenters. The lowest BCUT2D eigenvalue weighted by molar-refractivity contribution is -0.143. The molecule has 0 radical (unpaired) electrons. The van der Waals surface area contributed by atoms with Crippen molar-refractivity contribution in [3.63, 3.8) is 0 Å². The summed E-state index contributed by atoms with van der Waals surface area (Å²) in [5, 5.41) is -0.0189. The molecule has 0 heterocycles. The van der Waals surface area contributed by atoms with Crippen LogP contribution >= 0.6 is 0 Å². The molecule has 2 aromatic rings. The molecule has 4 heteroatoms. The number of carbonyl (C=O) groups is 1. The van der Waals surface area contributed by atoms with Crippen LogP contribution in [0, 0.1) is 0 Å².